The van der Waals surface area contributed by atoms with Crippen LogP contribution in [0, 0.1) is 10.1 Å². The van der Waals surface area contributed by atoms with E-state index >= 15 is 0 Å². The molecule has 15 heavy (non-hydrogen) atoms. The summed E-state index contributed by atoms with van der Waals surface area (Å²) in [5, 5.41) is 10.7. The van der Waals surface area contributed by atoms with Gasteiger partial charge in [-0.05, 0) is 6.07 Å². The Bertz CT molecular complexity index is 401. The Morgan fingerprint density at radius 1 is 1.33 bits per heavy atom. The summed E-state index contributed by atoms with van der Waals surface area (Å²) in [6.45, 7) is 3.50. The Labute approximate surface area is 87.1 Å². The second-order valence-electron chi connectivity index (χ2n) is 2.73. The third kappa shape index (κ3) is 2.07. The zero-order chi connectivity index (χ0) is 11.4. The summed E-state index contributed by atoms with van der Waals surface area (Å²) >= 11 is 0. The lowest BCUT2D eigenvalue weighted by Gasteiger charge is -2.08. The van der Waals surface area contributed by atoms with Gasteiger partial charge in [0.05, 0.1) is 30.8 Å². The van der Waals surface area contributed by atoms with Crippen LogP contribution in [0.3, 0.4) is 0 Å². The van der Waals surface area contributed by atoms with E-state index in [1.165, 1.54) is 32.4 Å². The molecular weight excluding hydrogens is 198 g/mol. The smallest absolute Gasteiger partial charge is 0.280 e. The van der Waals surface area contributed by atoms with Crippen molar-refractivity contribution in [3.63, 3.8) is 0 Å². The molecule has 0 amide bonds. The second kappa shape index (κ2) is 4.45. The van der Waals surface area contributed by atoms with Gasteiger partial charge in [-0.15, -0.1) is 0 Å². The number of ether oxygens (including phenoxy) is 2. The summed E-state index contributed by atoms with van der Waals surface area (Å²) in [7, 11) is 2.89. The minimum Gasteiger partial charge on any atom is -0.493 e. The molecule has 0 atom stereocenters. The SMILES string of the molecule is C=Cc1cc(OC)c(OC)cc1[N+](=O)[O-]. The zero-order valence-corrected chi connectivity index (χ0v) is 8.52. The van der Waals surface area contributed by atoms with Crippen molar-refractivity contribution in [2.24, 2.45) is 0 Å². The molecule has 5 heteroatoms. The Morgan fingerprint density at radius 2 is 1.87 bits per heavy atom. The van der Waals surface area contributed by atoms with Crippen molar-refractivity contribution in [1.82, 2.24) is 0 Å². The second-order valence-corrected chi connectivity index (χ2v) is 2.73. The highest BCUT2D eigenvalue weighted by molar-refractivity contribution is 5.65. The summed E-state index contributed by atoms with van der Waals surface area (Å²) in [4.78, 5) is 10.2. The maximum atomic E-state index is 10.7. The van der Waals surface area contributed by atoms with Crippen LogP contribution in [0.4, 0.5) is 5.69 Å². The highest BCUT2D eigenvalue weighted by Crippen LogP contribution is 2.34. The van der Waals surface area contributed by atoms with Crippen molar-refractivity contribution in [2.75, 3.05) is 14.2 Å². The Hall–Kier alpha value is -2.04. The van der Waals surface area contributed by atoms with Crippen LogP contribution in [0.25, 0.3) is 6.08 Å². The molecule has 0 N–H and O–H groups in total. The van der Waals surface area contributed by atoms with Gasteiger partial charge in [0.15, 0.2) is 11.5 Å². The minimum absolute atomic E-state index is 0.0531. The lowest BCUT2D eigenvalue weighted by atomic mass is 10.1. The van der Waals surface area contributed by atoms with E-state index in [0.29, 0.717) is 17.1 Å². The van der Waals surface area contributed by atoms with E-state index in [1.807, 2.05) is 0 Å². The fourth-order valence-electron chi connectivity index (χ4n) is 1.21. The van der Waals surface area contributed by atoms with Gasteiger partial charge in [-0.1, -0.05) is 12.7 Å². The van der Waals surface area contributed by atoms with Crippen molar-refractivity contribution in [3.8, 4) is 11.5 Å². The number of nitro benzene ring substituents is 1. The van der Waals surface area contributed by atoms with Gasteiger partial charge in [0, 0.05) is 0 Å². The van der Waals surface area contributed by atoms with E-state index in [-0.39, 0.29) is 5.69 Å². The molecule has 1 aromatic rings. The molecule has 0 unspecified atom stereocenters. The standard InChI is InChI=1S/C10H11NO4/c1-4-7-5-9(14-2)10(15-3)6-8(7)11(12)13/h4-6H,1H2,2-3H3. The van der Waals surface area contributed by atoms with Gasteiger partial charge in [-0.3, -0.25) is 10.1 Å². The number of rotatable bonds is 4. The molecule has 0 bridgehead atoms. The summed E-state index contributed by atoms with van der Waals surface area (Å²) in [6.07, 6.45) is 1.40. The highest BCUT2D eigenvalue weighted by Gasteiger charge is 2.17. The zero-order valence-electron chi connectivity index (χ0n) is 8.52. The molecule has 0 aliphatic rings. The summed E-state index contributed by atoms with van der Waals surface area (Å²) < 4.78 is 9.98. The maximum Gasteiger partial charge on any atom is 0.280 e. The van der Waals surface area contributed by atoms with Crippen LogP contribution in [0.1, 0.15) is 5.56 Å². The molecule has 0 heterocycles. The molecular formula is C10H11NO4. The molecule has 1 aromatic carbocycles. The molecule has 0 saturated carbocycles. The Morgan fingerprint density at radius 3 is 2.27 bits per heavy atom. The lowest BCUT2D eigenvalue weighted by Crippen LogP contribution is -1.96. The summed E-state index contributed by atoms with van der Waals surface area (Å²) in [5.41, 5.74) is 0.348. The number of hydrogen-bond acceptors (Lipinski definition) is 4. The van der Waals surface area contributed by atoms with Gasteiger partial charge in [-0.2, -0.15) is 0 Å². The van der Waals surface area contributed by atoms with Crippen LogP contribution in [0.2, 0.25) is 0 Å². The largest absolute Gasteiger partial charge is 0.493 e. The van der Waals surface area contributed by atoms with E-state index in [4.69, 9.17) is 9.47 Å². The topological polar surface area (TPSA) is 61.6 Å². The van der Waals surface area contributed by atoms with E-state index in [0.717, 1.165) is 0 Å². The van der Waals surface area contributed by atoms with Gasteiger partial charge in [0.1, 0.15) is 0 Å². The molecule has 0 fully saturated rings. The Balaban J connectivity index is 3.40. The number of benzene rings is 1. The number of nitrogens with zero attached hydrogens (tertiary/aromatic N) is 1. The lowest BCUT2D eigenvalue weighted by molar-refractivity contribution is -0.385. The van der Waals surface area contributed by atoms with Gasteiger partial charge in [-0.25, -0.2) is 0 Å². The van der Waals surface area contributed by atoms with E-state index in [2.05, 4.69) is 6.58 Å². The van der Waals surface area contributed by atoms with E-state index in [9.17, 15) is 10.1 Å². The number of methoxy groups -OCH3 is 2. The summed E-state index contributed by atoms with van der Waals surface area (Å²) in [6, 6.07) is 2.83. The first-order valence-corrected chi connectivity index (χ1v) is 4.17. The first kappa shape index (κ1) is 11.0. The van der Waals surface area contributed by atoms with Crippen molar-refractivity contribution in [3.05, 3.63) is 34.4 Å². The van der Waals surface area contributed by atoms with Gasteiger partial charge in [0.2, 0.25) is 0 Å². The maximum absolute atomic E-state index is 10.7. The third-order valence-electron chi connectivity index (χ3n) is 1.95. The van der Waals surface area contributed by atoms with Gasteiger partial charge >= 0.3 is 0 Å². The predicted octanol–water partition coefficient (Wildman–Crippen LogP) is 2.25. The van der Waals surface area contributed by atoms with E-state index < -0.39 is 4.92 Å². The molecule has 0 aromatic heterocycles. The molecule has 0 aliphatic heterocycles. The van der Waals surface area contributed by atoms with Crippen molar-refractivity contribution in [1.29, 1.82) is 0 Å². The average Bonchev–Trinajstić information content (AvgIpc) is 2.26. The van der Waals surface area contributed by atoms with Crippen molar-refractivity contribution in [2.45, 2.75) is 0 Å². The molecule has 80 valence electrons. The molecule has 0 radical (unpaired) electrons. The van der Waals surface area contributed by atoms with Crippen LogP contribution in [0.15, 0.2) is 18.7 Å². The fraction of sp³-hybridized carbons (Fsp3) is 0.200. The molecule has 0 saturated heterocycles. The van der Waals surface area contributed by atoms with Gasteiger partial charge < -0.3 is 9.47 Å². The van der Waals surface area contributed by atoms with Gasteiger partial charge in [0.25, 0.3) is 5.69 Å². The highest BCUT2D eigenvalue weighted by atomic mass is 16.6. The molecule has 5 nitrogen and oxygen atoms in total. The van der Waals surface area contributed by atoms with Crippen LogP contribution in [0.5, 0.6) is 11.5 Å². The minimum atomic E-state index is -0.487. The molecule has 1 rings (SSSR count). The first-order valence-electron chi connectivity index (χ1n) is 4.17. The Kier molecular flexibility index (Phi) is 3.28. The number of nitro groups is 1. The van der Waals surface area contributed by atoms with Crippen LogP contribution in [-0.4, -0.2) is 19.1 Å². The number of hydrogen-bond donors (Lipinski definition) is 0. The molecule has 0 aliphatic carbocycles. The van der Waals surface area contributed by atoms with Crippen LogP contribution < -0.4 is 9.47 Å². The third-order valence-corrected chi connectivity index (χ3v) is 1.95. The van der Waals surface area contributed by atoms with E-state index in [1.54, 1.807) is 0 Å². The monoisotopic (exact) mass is 209 g/mol. The first-order chi connectivity index (χ1) is 7.13. The summed E-state index contributed by atoms with van der Waals surface area (Å²) in [5.74, 6) is 0.771. The quantitative estimate of drug-likeness (QED) is 0.563. The fourth-order valence-corrected chi connectivity index (χ4v) is 1.21. The average molecular weight is 209 g/mol. The normalized spacial score (nSPS) is 9.47. The van der Waals surface area contributed by atoms with Crippen molar-refractivity contribution >= 4 is 11.8 Å². The van der Waals surface area contributed by atoms with Crippen LogP contribution >= 0.6 is 0 Å². The van der Waals surface area contributed by atoms with Crippen molar-refractivity contribution < 1.29 is 14.4 Å². The predicted molar refractivity (Wildman–Crippen MR) is 56.3 cm³/mol. The molecule has 0 spiro atoms. The van der Waals surface area contributed by atoms with Crippen LogP contribution in [-0.2, 0) is 0 Å².